The average molecular weight is 393 g/mol. The highest BCUT2D eigenvalue weighted by molar-refractivity contribution is 6.31. The minimum absolute atomic E-state index is 0.0212. The summed E-state index contributed by atoms with van der Waals surface area (Å²) >= 11 is 5.84. The van der Waals surface area contributed by atoms with Crippen LogP contribution in [0.15, 0.2) is 35.4 Å². The van der Waals surface area contributed by atoms with Crippen LogP contribution in [-0.4, -0.2) is 46.5 Å². The number of hydrogen-bond donors (Lipinski definition) is 0. The summed E-state index contributed by atoms with van der Waals surface area (Å²) in [4.78, 5) is 32.7. The second-order valence-corrected chi connectivity index (χ2v) is 7.31. The van der Waals surface area contributed by atoms with Gasteiger partial charge in [0.15, 0.2) is 0 Å². The van der Waals surface area contributed by atoms with E-state index in [1.807, 2.05) is 13.8 Å². The fourth-order valence-electron chi connectivity index (χ4n) is 3.02. The molecule has 2 aromatic rings. The zero-order valence-corrected chi connectivity index (χ0v) is 16.1. The Morgan fingerprint density at radius 2 is 1.93 bits per heavy atom. The molecular formula is C19H22ClFN4O2. The summed E-state index contributed by atoms with van der Waals surface area (Å²) in [7, 11) is 0. The molecule has 0 radical (unpaired) electrons. The normalized spacial score (nSPS) is 14.7. The maximum atomic E-state index is 13.3. The first-order valence-corrected chi connectivity index (χ1v) is 9.27. The highest BCUT2D eigenvalue weighted by Gasteiger charge is 2.22. The first-order chi connectivity index (χ1) is 12.8. The van der Waals surface area contributed by atoms with Crippen LogP contribution in [0.4, 0.5) is 10.1 Å². The Bertz CT molecular complexity index is 892. The van der Waals surface area contributed by atoms with Gasteiger partial charge in [-0.2, -0.15) is 0 Å². The number of amides is 1. The van der Waals surface area contributed by atoms with Crippen LogP contribution in [0, 0.1) is 5.82 Å². The second kappa shape index (κ2) is 8.08. The van der Waals surface area contributed by atoms with Crippen molar-refractivity contribution in [2.75, 3.05) is 31.1 Å². The molecule has 27 heavy (non-hydrogen) atoms. The van der Waals surface area contributed by atoms with Crippen LogP contribution in [0.3, 0.4) is 0 Å². The third-order valence-electron chi connectivity index (χ3n) is 4.70. The molecular weight excluding hydrogens is 371 g/mol. The first kappa shape index (κ1) is 19.4. The largest absolute Gasteiger partial charge is 0.368 e. The van der Waals surface area contributed by atoms with E-state index in [2.05, 4.69) is 9.88 Å². The van der Waals surface area contributed by atoms with E-state index < -0.39 is 5.82 Å². The molecule has 0 N–H and O–H groups in total. The maximum absolute atomic E-state index is 13.3. The van der Waals surface area contributed by atoms with Gasteiger partial charge >= 0.3 is 0 Å². The lowest BCUT2D eigenvalue weighted by molar-refractivity contribution is -0.132. The van der Waals surface area contributed by atoms with Crippen molar-refractivity contribution in [3.63, 3.8) is 0 Å². The molecule has 1 aliphatic rings. The fourth-order valence-corrected chi connectivity index (χ4v) is 3.19. The zero-order chi connectivity index (χ0) is 19.6. The summed E-state index contributed by atoms with van der Waals surface area (Å²) < 4.78 is 14.6. The molecule has 0 aliphatic carbocycles. The topological polar surface area (TPSA) is 58.4 Å². The van der Waals surface area contributed by atoms with Crippen LogP contribution in [-0.2, 0) is 11.3 Å². The van der Waals surface area contributed by atoms with E-state index in [0.717, 1.165) is 11.4 Å². The monoisotopic (exact) mass is 392 g/mol. The highest BCUT2D eigenvalue weighted by Crippen LogP contribution is 2.23. The predicted molar refractivity (Wildman–Crippen MR) is 103 cm³/mol. The lowest BCUT2D eigenvalue weighted by Gasteiger charge is -2.36. The smallest absolute Gasteiger partial charge is 0.254 e. The van der Waals surface area contributed by atoms with E-state index in [9.17, 15) is 14.0 Å². The Balaban J connectivity index is 1.60. The Hall–Kier alpha value is -2.41. The maximum Gasteiger partial charge on any atom is 0.254 e. The predicted octanol–water partition coefficient (Wildman–Crippen LogP) is 2.51. The van der Waals surface area contributed by atoms with Crippen molar-refractivity contribution in [1.82, 2.24) is 14.5 Å². The first-order valence-electron chi connectivity index (χ1n) is 8.89. The number of carbonyl (C=O) groups excluding carboxylic acids is 1. The molecule has 2 heterocycles. The van der Waals surface area contributed by atoms with Gasteiger partial charge in [0.2, 0.25) is 5.91 Å². The van der Waals surface area contributed by atoms with Gasteiger partial charge in [-0.15, -0.1) is 0 Å². The van der Waals surface area contributed by atoms with Crippen molar-refractivity contribution in [3.05, 3.63) is 57.5 Å². The summed E-state index contributed by atoms with van der Waals surface area (Å²) in [6.45, 7) is 6.20. The van der Waals surface area contributed by atoms with Crippen molar-refractivity contribution in [3.8, 4) is 0 Å². The average Bonchev–Trinajstić information content (AvgIpc) is 2.65. The zero-order valence-electron chi connectivity index (χ0n) is 15.4. The minimum atomic E-state index is -0.447. The molecule has 1 saturated heterocycles. The SMILES string of the molecule is CC(C)c1cc(=O)n(CC(=O)N2CCN(c3ccc(F)c(Cl)c3)CC2)cn1. The highest BCUT2D eigenvalue weighted by atomic mass is 35.5. The van der Waals surface area contributed by atoms with Gasteiger partial charge < -0.3 is 9.80 Å². The standard InChI is InChI=1S/C19H22ClFN4O2/c1-13(2)17-10-18(26)25(12-22-17)11-19(27)24-7-5-23(6-8-24)14-3-4-16(21)15(20)9-14/h3-4,9-10,12-13H,5-8,11H2,1-2H3. The lowest BCUT2D eigenvalue weighted by Crippen LogP contribution is -2.50. The van der Waals surface area contributed by atoms with Gasteiger partial charge in [0.25, 0.3) is 5.56 Å². The van der Waals surface area contributed by atoms with Crippen LogP contribution < -0.4 is 10.5 Å². The summed E-state index contributed by atoms with van der Waals surface area (Å²) in [6, 6.07) is 6.10. The van der Waals surface area contributed by atoms with Gasteiger partial charge in [-0.05, 0) is 24.1 Å². The summed E-state index contributed by atoms with van der Waals surface area (Å²) in [5.41, 5.74) is 1.33. The molecule has 0 saturated carbocycles. The molecule has 6 nitrogen and oxygen atoms in total. The molecule has 1 aromatic heterocycles. The van der Waals surface area contributed by atoms with Crippen LogP contribution in [0.1, 0.15) is 25.5 Å². The van der Waals surface area contributed by atoms with Crippen LogP contribution in [0.2, 0.25) is 5.02 Å². The van der Waals surface area contributed by atoms with Gasteiger partial charge in [0.1, 0.15) is 12.4 Å². The third kappa shape index (κ3) is 4.47. The molecule has 0 unspecified atom stereocenters. The van der Waals surface area contributed by atoms with E-state index in [0.29, 0.717) is 26.2 Å². The number of benzene rings is 1. The molecule has 0 atom stereocenters. The molecule has 8 heteroatoms. The summed E-state index contributed by atoms with van der Waals surface area (Å²) in [5.74, 6) is -0.402. The Morgan fingerprint density at radius 1 is 1.22 bits per heavy atom. The van der Waals surface area contributed by atoms with Crippen molar-refractivity contribution in [1.29, 1.82) is 0 Å². The second-order valence-electron chi connectivity index (χ2n) is 6.90. The van der Waals surface area contributed by atoms with Gasteiger partial charge in [-0.3, -0.25) is 14.2 Å². The number of hydrogen-bond acceptors (Lipinski definition) is 4. The molecule has 1 aliphatic heterocycles. The Morgan fingerprint density at radius 3 is 2.52 bits per heavy atom. The van der Waals surface area contributed by atoms with Crippen LogP contribution >= 0.6 is 11.6 Å². The third-order valence-corrected chi connectivity index (χ3v) is 4.99. The summed E-state index contributed by atoms with van der Waals surface area (Å²) in [6.07, 6.45) is 1.44. The number of aromatic nitrogens is 2. The van der Waals surface area contributed by atoms with Gasteiger partial charge in [0.05, 0.1) is 17.0 Å². The number of rotatable bonds is 4. The Labute approximate surface area is 162 Å². The van der Waals surface area contributed by atoms with Gasteiger partial charge in [0, 0.05) is 37.9 Å². The van der Waals surface area contributed by atoms with Crippen molar-refractivity contribution in [2.45, 2.75) is 26.3 Å². The van der Waals surface area contributed by atoms with E-state index in [1.165, 1.54) is 23.0 Å². The molecule has 0 bridgehead atoms. The van der Waals surface area contributed by atoms with E-state index >= 15 is 0 Å². The van der Waals surface area contributed by atoms with Crippen molar-refractivity contribution in [2.24, 2.45) is 0 Å². The fraction of sp³-hybridized carbons (Fsp3) is 0.421. The number of halogens is 2. The van der Waals surface area contributed by atoms with E-state index in [-0.39, 0.29) is 29.0 Å². The minimum Gasteiger partial charge on any atom is -0.368 e. The molecule has 0 spiro atoms. The molecule has 3 rings (SSSR count). The number of carbonyl (C=O) groups is 1. The number of anilines is 1. The lowest BCUT2D eigenvalue weighted by atomic mass is 10.1. The van der Waals surface area contributed by atoms with Crippen LogP contribution in [0.25, 0.3) is 0 Å². The van der Waals surface area contributed by atoms with Crippen molar-refractivity contribution >= 4 is 23.2 Å². The van der Waals surface area contributed by atoms with Crippen LogP contribution in [0.5, 0.6) is 0 Å². The van der Waals surface area contributed by atoms with Gasteiger partial charge in [-0.1, -0.05) is 25.4 Å². The number of nitrogens with zero attached hydrogens (tertiary/aromatic N) is 4. The number of piperazine rings is 1. The van der Waals surface area contributed by atoms with Gasteiger partial charge in [-0.25, -0.2) is 9.37 Å². The summed E-state index contributed by atoms with van der Waals surface area (Å²) in [5, 5.41) is 0.0859. The molecule has 1 fully saturated rings. The quantitative estimate of drug-likeness (QED) is 0.802. The Kier molecular flexibility index (Phi) is 5.79. The van der Waals surface area contributed by atoms with Crippen molar-refractivity contribution < 1.29 is 9.18 Å². The van der Waals surface area contributed by atoms with E-state index in [1.54, 1.807) is 17.0 Å². The molecule has 1 aromatic carbocycles. The molecule has 144 valence electrons. The molecule has 1 amide bonds. The van der Waals surface area contributed by atoms with E-state index in [4.69, 9.17) is 11.6 Å².